The molecular weight excluding hydrogens is 251 g/mol. The lowest BCUT2D eigenvalue weighted by Crippen LogP contribution is -2.28. The van der Waals surface area contributed by atoms with Crippen LogP contribution in [0.15, 0.2) is 12.1 Å². The van der Waals surface area contributed by atoms with Gasteiger partial charge < -0.3 is 0 Å². The van der Waals surface area contributed by atoms with E-state index in [2.05, 4.69) is 4.98 Å². The van der Waals surface area contributed by atoms with Crippen molar-refractivity contribution >= 4 is 35.0 Å². The molecule has 1 fully saturated rings. The van der Waals surface area contributed by atoms with Crippen LogP contribution in [0.4, 0.5) is 0 Å². The number of carbonyl (C=O) groups is 2. The largest absolute Gasteiger partial charge is 0.278 e. The molecule has 0 atom stereocenters. The van der Waals surface area contributed by atoms with Gasteiger partial charge in [-0.3, -0.25) is 14.5 Å². The van der Waals surface area contributed by atoms with Crippen molar-refractivity contribution in [1.29, 1.82) is 0 Å². The number of amides is 2. The second-order valence-corrected chi connectivity index (χ2v) is 4.20. The number of hydrogen-bond donors (Lipinski definition) is 0. The van der Waals surface area contributed by atoms with E-state index in [1.807, 2.05) is 0 Å². The molecule has 4 nitrogen and oxygen atoms in total. The van der Waals surface area contributed by atoms with Crippen molar-refractivity contribution in [3.8, 4) is 0 Å². The molecule has 16 heavy (non-hydrogen) atoms. The number of nitrogens with zero attached hydrogens (tertiary/aromatic N) is 2. The van der Waals surface area contributed by atoms with Crippen LogP contribution in [-0.2, 0) is 16.1 Å². The van der Waals surface area contributed by atoms with Gasteiger partial charge in [0.2, 0.25) is 11.8 Å². The third-order valence-corrected chi connectivity index (χ3v) is 2.91. The molecule has 0 N–H and O–H groups in total. The molecule has 1 aliphatic rings. The van der Waals surface area contributed by atoms with Crippen LogP contribution in [0.2, 0.25) is 10.3 Å². The highest BCUT2D eigenvalue weighted by Crippen LogP contribution is 2.21. The van der Waals surface area contributed by atoms with Gasteiger partial charge in [-0.15, -0.1) is 0 Å². The lowest BCUT2D eigenvalue weighted by Gasteiger charge is -2.14. The molecule has 1 aromatic heterocycles. The molecule has 0 saturated carbocycles. The first kappa shape index (κ1) is 11.4. The number of aromatic nitrogens is 1. The lowest BCUT2D eigenvalue weighted by atomic mass is 10.2. The summed E-state index contributed by atoms with van der Waals surface area (Å²) < 4.78 is 0. The summed E-state index contributed by atoms with van der Waals surface area (Å²) in [4.78, 5) is 27.8. The van der Waals surface area contributed by atoms with E-state index in [9.17, 15) is 9.59 Å². The van der Waals surface area contributed by atoms with Crippen molar-refractivity contribution in [2.45, 2.75) is 19.4 Å². The van der Waals surface area contributed by atoms with Crippen molar-refractivity contribution in [3.05, 3.63) is 28.0 Å². The predicted molar refractivity (Wildman–Crippen MR) is 59.0 cm³/mol. The van der Waals surface area contributed by atoms with Crippen LogP contribution in [0.1, 0.15) is 18.4 Å². The Morgan fingerprint density at radius 1 is 1.19 bits per heavy atom. The maximum Gasteiger partial charge on any atom is 0.229 e. The Balaban J connectivity index is 2.20. The molecule has 0 unspecified atom stereocenters. The molecular formula is C10H8Cl2N2O2. The summed E-state index contributed by atoms with van der Waals surface area (Å²) in [6, 6.07) is 3.24. The fraction of sp³-hybridized carbons (Fsp3) is 0.300. The van der Waals surface area contributed by atoms with E-state index in [0.717, 1.165) is 0 Å². The maximum absolute atomic E-state index is 11.4. The van der Waals surface area contributed by atoms with Crippen LogP contribution >= 0.6 is 23.2 Å². The molecule has 2 rings (SSSR count). The van der Waals surface area contributed by atoms with Gasteiger partial charge in [0.05, 0.1) is 6.54 Å². The van der Waals surface area contributed by atoms with Crippen molar-refractivity contribution in [2.24, 2.45) is 0 Å². The Morgan fingerprint density at radius 2 is 1.81 bits per heavy atom. The molecule has 0 aliphatic carbocycles. The molecule has 0 aromatic carbocycles. The van der Waals surface area contributed by atoms with Gasteiger partial charge in [0.15, 0.2) is 0 Å². The zero-order valence-electron chi connectivity index (χ0n) is 8.24. The first-order chi connectivity index (χ1) is 7.58. The first-order valence-corrected chi connectivity index (χ1v) is 5.47. The summed E-state index contributed by atoms with van der Waals surface area (Å²) in [6.45, 7) is 0.167. The molecule has 2 heterocycles. The van der Waals surface area contributed by atoms with Gasteiger partial charge in [-0.25, -0.2) is 4.98 Å². The minimum absolute atomic E-state index is 0.167. The van der Waals surface area contributed by atoms with Crippen LogP contribution in [0, 0.1) is 0 Å². The van der Waals surface area contributed by atoms with E-state index < -0.39 is 0 Å². The van der Waals surface area contributed by atoms with Gasteiger partial charge in [0.25, 0.3) is 0 Å². The number of imide groups is 1. The minimum Gasteiger partial charge on any atom is -0.278 e. The second kappa shape index (κ2) is 4.39. The summed E-state index contributed by atoms with van der Waals surface area (Å²) in [5, 5.41) is 0.507. The molecule has 1 aliphatic heterocycles. The SMILES string of the molecule is O=C1CCC(=O)N1Cc1ccc(Cl)nc1Cl. The Bertz CT molecular complexity index is 446. The number of halogens is 2. The zero-order chi connectivity index (χ0) is 11.7. The van der Waals surface area contributed by atoms with Crippen molar-refractivity contribution in [3.63, 3.8) is 0 Å². The Hall–Kier alpha value is -1.13. The van der Waals surface area contributed by atoms with Crippen LogP contribution < -0.4 is 0 Å². The van der Waals surface area contributed by atoms with E-state index in [1.165, 1.54) is 4.90 Å². The Morgan fingerprint density at radius 3 is 2.38 bits per heavy atom. The van der Waals surface area contributed by atoms with E-state index in [4.69, 9.17) is 23.2 Å². The van der Waals surface area contributed by atoms with Crippen molar-refractivity contribution < 1.29 is 9.59 Å². The summed E-state index contributed by atoms with van der Waals surface area (Å²) in [5.41, 5.74) is 0.620. The van der Waals surface area contributed by atoms with Crippen LogP contribution in [0.25, 0.3) is 0 Å². The topological polar surface area (TPSA) is 50.3 Å². The zero-order valence-corrected chi connectivity index (χ0v) is 9.75. The summed E-state index contributed by atoms with van der Waals surface area (Å²) in [5.74, 6) is -0.341. The minimum atomic E-state index is -0.170. The summed E-state index contributed by atoms with van der Waals surface area (Å²) in [6.07, 6.45) is 0.551. The van der Waals surface area contributed by atoms with Crippen LogP contribution in [0.3, 0.4) is 0 Å². The molecule has 0 spiro atoms. The third-order valence-electron chi connectivity index (χ3n) is 2.38. The number of likely N-dealkylation sites (tertiary alicyclic amines) is 1. The molecule has 6 heteroatoms. The summed E-state index contributed by atoms with van der Waals surface area (Å²) in [7, 11) is 0. The highest BCUT2D eigenvalue weighted by atomic mass is 35.5. The number of carbonyl (C=O) groups excluding carboxylic acids is 2. The molecule has 1 saturated heterocycles. The number of hydrogen-bond acceptors (Lipinski definition) is 3. The van der Waals surface area contributed by atoms with Gasteiger partial charge in [-0.05, 0) is 6.07 Å². The smallest absolute Gasteiger partial charge is 0.229 e. The van der Waals surface area contributed by atoms with E-state index >= 15 is 0 Å². The van der Waals surface area contributed by atoms with Gasteiger partial charge in [-0.1, -0.05) is 29.3 Å². The Labute approximate surface area is 102 Å². The van der Waals surface area contributed by atoms with Gasteiger partial charge >= 0.3 is 0 Å². The fourth-order valence-corrected chi connectivity index (χ4v) is 1.93. The first-order valence-electron chi connectivity index (χ1n) is 4.72. The fourth-order valence-electron chi connectivity index (χ4n) is 1.53. The van der Waals surface area contributed by atoms with Gasteiger partial charge in [0, 0.05) is 18.4 Å². The highest BCUT2D eigenvalue weighted by Gasteiger charge is 2.29. The average molecular weight is 259 g/mol. The molecule has 2 amide bonds. The molecule has 84 valence electrons. The normalized spacial score (nSPS) is 16.0. The van der Waals surface area contributed by atoms with Gasteiger partial charge in [0.1, 0.15) is 10.3 Å². The monoisotopic (exact) mass is 258 g/mol. The van der Waals surface area contributed by atoms with Crippen LogP contribution in [-0.4, -0.2) is 21.7 Å². The number of pyridine rings is 1. The van der Waals surface area contributed by atoms with Crippen molar-refractivity contribution in [2.75, 3.05) is 0 Å². The lowest BCUT2D eigenvalue weighted by molar-refractivity contribution is -0.139. The van der Waals surface area contributed by atoms with E-state index in [0.29, 0.717) is 5.56 Å². The molecule has 1 aromatic rings. The highest BCUT2D eigenvalue weighted by molar-refractivity contribution is 6.32. The number of rotatable bonds is 2. The van der Waals surface area contributed by atoms with Gasteiger partial charge in [-0.2, -0.15) is 0 Å². The standard InChI is InChI=1S/C10H8Cl2N2O2/c11-7-2-1-6(10(12)13-7)5-14-8(15)3-4-9(14)16/h1-2H,3-5H2. The van der Waals surface area contributed by atoms with E-state index in [1.54, 1.807) is 12.1 Å². The third kappa shape index (κ3) is 2.18. The average Bonchev–Trinajstić information content (AvgIpc) is 2.53. The van der Waals surface area contributed by atoms with Crippen LogP contribution in [0.5, 0.6) is 0 Å². The molecule has 0 bridgehead atoms. The second-order valence-electron chi connectivity index (χ2n) is 3.46. The molecule has 0 radical (unpaired) electrons. The predicted octanol–water partition coefficient (Wildman–Crippen LogP) is 2.04. The maximum atomic E-state index is 11.4. The van der Waals surface area contributed by atoms with Crippen molar-refractivity contribution in [1.82, 2.24) is 9.88 Å². The van der Waals surface area contributed by atoms with E-state index in [-0.39, 0.29) is 41.5 Å². The quantitative estimate of drug-likeness (QED) is 0.603. The summed E-state index contributed by atoms with van der Waals surface area (Å²) >= 11 is 11.5. The Kier molecular flexibility index (Phi) is 3.12.